The minimum atomic E-state index is -0.746. The maximum atomic E-state index is 12.6. The maximum Gasteiger partial charge on any atom is 0.114 e. The Bertz CT molecular complexity index is 118. The van der Waals surface area contributed by atoms with Crippen LogP contribution in [0.25, 0.3) is 0 Å². The molecular weight excluding hydrogens is 133 g/mol. The largest absolute Gasteiger partial charge is 0.392 e. The van der Waals surface area contributed by atoms with Crippen molar-refractivity contribution in [2.45, 2.75) is 31.7 Å². The van der Waals surface area contributed by atoms with Crippen molar-refractivity contribution in [3.05, 3.63) is 0 Å². The first-order valence-electron chi connectivity index (χ1n) is 3.63. The van der Waals surface area contributed by atoms with Gasteiger partial charge in [-0.15, -0.1) is 0 Å². The molecule has 0 aromatic carbocycles. The Labute approximate surface area is 60.6 Å². The lowest BCUT2D eigenvalue weighted by Gasteiger charge is -2.20. The van der Waals surface area contributed by atoms with Gasteiger partial charge < -0.3 is 5.11 Å². The molecule has 1 saturated heterocycles. The van der Waals surface area contributed by atoms with E-state index in [0.717, 1.165) is 0 Å². The van der Waals surface area contributed by atoms with Crippen molar-refractivity contribution >= 4 is 0 Å². The molecule has 60 valence electrons. The topological polar surface area (TPSA) is 23.5 Å². The number of rotatable bonds is 1. The molecule has 0 bridgehead atoms. The van der Waals surface area contributed by atoms with E-state index in [-0.39, 0.29) is 6.04 Å². The van der Waals surface area contributed by atoms with Crippen LogP contribution >= 0.6 is 0 Å². The molecule has 0 radical (unpaired) electrons. The van der Waals surface area contributed by atoms with Crippen molar-refractivity contribution < 1.29 is 9.50 Å². The van der Waals surface area contributed by atoms with Crippen molar-refractivity contribution in [3.63, 3.8) is 0 Å². The molecule has 0 spiro atoms. The molecule has 0 saturated carbocycles. The minimum absolute atomic E-state index is 0.0231. The molecule has 3 atom stereocenters. The number of likely N-dealkylation sites (tertiary alicyclic amines) is 1. The van der Waals surface area contributed by atoms with Crippen LogP contribution in [0.1, 0.15) is 13.3 Å². The molecule has 1 aliphatic rings. The SMILES string of the molecule is CC(O)[C@@H]1C[C@@H](F)CN1C. The highest BCUT2D eigenvalue weighted by Crippen LogP contribution is 2.20. The van der Waals surface area contributed by atoms with Gasteiger partial charge in [-0.1, -0.05) is 0 Å². The molecule has 1 rings (SSSR count). The molecule has 1 heterocycles. The van der Waals surface area contributed by atoms with Crippen LogP contribution in [-0.2, 0) is 0 Å². The average molecular weight is 147 g/mol. The highest BCUT2D eigenvalue weighted by molar-refractivity contribution is 4.86. The molecule has 10 heavy (non-hydrogen) atoms. The van der Waals surface area contributed by atoms with Gasteiger partial charge in [0.2, 0.25) is 0 Å². The Morgan fingerprint density at radius 1 is 1.70 bits per heavy atom. The summed E-state index contributed by atoms with van der Waals surface area (Å²) in [5.74, 6) is 0. The zero-order valence-corrected chi connectivity index (χ0v) is 6.42. The summed E-state index contributed by atoms with van der Waals surface area (Å²) in [6.07, 6.45) is -0.677. The number of aliphatic hydroxyl groups excluding tert-OH is 1. The monoisotopic (exact) mass is 147 g/mol. The fourth-order valence-corrected chi connectivity index (χ4v) is 1.53. The third-order valence-electron chi connectivity index (χ3n) is 2.11. The Kier molecular flexibility index (Phi) is 2.26. The highest BCUT2D eigenvalue weighted by atomic mass is 19.1. The summed E-state index contributed by atoms with van der Waals surface area (Å²) in [5.41, 5.74) is 0. The number of hydrogen-bond acceptors (Lipinski definition) is 2. The molecule has 0 aromatic rings. The van der Waals surface area contributed by atoms with E-state index < -0.39 is 12.3 Å². The van der Waals surface area contributed by atoms with E-state index in [1.165, 1.54) is 0 Å². The van der Waals surface area contributed by atoms with Gasteiger partial charge in [0.1, 0.15) is 6.17 Å². The molecule has 1 unspecified atom stereocenters. The van der Waals surface area contributed by atoms with Crippen LogP contribution in [-0.4, -0.2) is 41.9 Å². The summed E-state index contributed by atoms with van der Waals surface area (Å²) < 4.78 is 12.6. The summed E-state index contributed by atoms with van der Waals surface area (Å²) in [4.78, 5) is 1.87. The van der Waals surface area contributed by atoms with Gasteiger partial charge in [-0.2, -0.15) is 0 Å². The van der Waals surface area contributed by atoms with Crippen LogP contribution < -0.4 is 0 Å². The zero-order valence-electron chi connectivity index (χ0n) is 6.42. The number of likely N-dealkylation sites (N-methyl/N-ethyl adjacent to an activating group) is 1. The van der Waals surface area contributed by atoms with E-state index in [0.29, 0.717) is 13.0 Å². The lowest BCUT2D eigenvalue weighted by Crippen LogP contribution is -2.34. The first-order valence-corrected chi connectivity index (χ1v) is 3.63. The summed E-state index contributed by atoms with van der Waals surface area (Å²) in [7, 11) is 1.84. The van der Waals surface area contributed by atoms with Crippen LogP contribution in [0, 0.1) is 0 Å². The number of hydrogen-bond donors (Lipinski definition) is 1. The van der Waals surface area contributed by atoms with E-state index in [1.807, 2.05) is 11.9 Å². The van der Waals surface area contributed by atoms with Crippen molar-refractivity contribution in [2.24, 2.45) is 0 Å². The van der Waals surface area contributed by atoms with Gasteiger partial charge in [-0.05, 0) is 20.4 Å². The molecule has 3 heteroatoms. The maximum absolute atomic E-state index is 12.6. The smallest absolute Gasteiger partial charge is 0.114 e. The van der Waals surface area contributed by atoms with Gasteiger partial charge in [0.05, 0.1) is 6.10 Å². The third kappa shape index (κ3) is 1.47. The van der Waals surface area contributed by atoms with Crippen LogP contribution in [0.4, 0.5) is 4.39 Å². The van der Waals surface area contributed by atoms with Crippen LogP contribution in [0.5, 0.6) is 0 Å². The number of halogens is 1. The Hall–Kier alpha value is -0.150. The quantitative estimate of drug-likeness (QED) is 0.580. The predicted octanol–water partition coefficient (Wildman–Crippen LogP) is 0.409. The Morgan fingerprint density at radius 2 is 2.30 bits per heavy atom. The van der Waals surface area contributed by atoms with Crippen molar-refractivity contribution in [1.82, 2.24) is 4.90 Å². The highest BCUT2D eigenvalue weighted by Gasteiger charge is 2.31. The van der Waals surface area contributed by atoms with Crippen LogP contribution in [0.15, 0.2) is 0 Å². The second-order valence-corrected chi connectivity index (χ2v) is 3.08. The van der Waals surface area contributed by atoms with E-state index in [4.69, 9.17) is 5.11 Å². The average Bonchev–Trinajstić information content (AvgIpc) is 2.10. The molecule has 0 amide bonds. The van der Waals surface area contributed by atoms with Crippen molar-refractivity contribution in [3.8, 4) is 0 Å². The van der Waals surface area contributed by atoms with E-state index in [1.54, 1.807) is 6.92 Å². The number of nitrogens with zero attached hydrogens (tertiary/aromatic N) is 1. The van der Waals surface area contributed by atoms with E-state index in [9.17, 15) is 4.39 Å². The number of aliphatic hydroxyl groups is 1. The van der Waals surface area contributed by atoms with Gasteiger partial charge in [0.15, 0.2) is 0 Å². The normalized spacial score (nSPS) is 38.4. The molecule has 1 fully saturated rings. The summed E-state index contributed by atoms with van der Waals surface area (Å²) >= 11 is 0. The molecule has 0 aliphatic carbocycles. The van der Waals surface area contributed by atoms with Crippen molar-refractivity contribution in [2.75, 3.05) is 13.6 Å². The van der Waals surface area contributed by atoms with Crippen LogP contribution in [0.2, 0.25) is 0 Å². The van der Waals surface area contributed by atoms with Gasteiger partial charge in [-0.25, -0.2) is 4.39 Å². The molecular formula is C7H14FNO. The third-order valence-corrected chi connectivity index (χ3v) is 2.11. The Morgan fingerprint density at radius 3 is 2.50 bits per heavy atom. The first kappa shape index (κ1) is 7.95. The van der Waals surface area contributed by atoms with E-state index >= 15 is 0 Å². The van der Waals surface area contributed by atoms with Crippen LogP contribution in [0.3, 0.4) is 0 Å². The fraction of sp³-hybridized carbons (Fsp3) is 1.00. The summed E-state index contributed by atoms with van der Waals surface area (Å²) in [6, 6.07) is 0.0231. The second kappa shape index (κ2) is 2.84. The van der Waals surface area contributed by atoms with Gasteiger partial charge in [-0.3, -0.25) is 4.90 Å². The second-order valence-electron chi connectivity index (χ2n) is 3.08. The molecule has 1 N–H and O–H groups in total. The summed E-state index contributed by atoms with van der Waals surface area (Å²) in [5, 5.41) is 9.13. The van der Waals surface area contributed by atoms with Crippen molar-refractivity contribution in [1.29, 1.82) is 0 Å². The van der Waals surface area contributed by atoms with E-state index in [2.05, 4.69) is 0 Å². The minimum Gasteiger partial charge on any atom is -0.392 e. The number of alkyl halides is 1. The standard InChI is InChI=1S/C7H14FNO/c1-5(10)7-3-6(8)4-9(7)2/h5-7,10H,3-4H2,1-2H3/t5?,6-,7+/m1/s1. The molecule has 0 aromatic heterocycles. The fourth-order valence-electron chi connectivity index (χ4n) is 1.53. The Balaban J connectivity index is 2.46. The summed E-state index contributed by atoms with van der Waals surface area (Å²) in [6.45, 7) is 2.18. The van der Waals surface area contributed by atoms with Gasteiger partial charge >= 0.3 is 0 Å². The zero-order chi connectivity index (χ0) is 7.72. The van der Waals surface area contributed by atoms with Gasteiger partial charge in [0, 0.05) is 12.6 Å². The molecule has 1 aliphatic heterocycles. The predicted molar refractivity (Wildman–Crippen MR) is 37.6 cm³/mol. The van der Waals surface area contributed by atoms with Gasteiger partial charge in [0.25, 0.3) is 0 Å². The molecule has 2 nitrogen and oxygen atoms in total. The lowest BCUT2D eigenvalue weighted by atomic mass is 10.1. The lowest BCUT2D eigenvalue weighted by molar-refractivity contribution is 0.101. The first-order chi connectivity index (χ1) is 4.61.